The standard InChI is InChI=1S/C16H20N2OS/c1-5-6-13-15(10-19)20-16(17-13)18(4)14-8-7-11(2)9-12(14)3/h7-10H,5-6H2,1-4H3. The minimum Gasteiger partial charge on any atom is -0.321 e. The normalized spacial score (nSPS) is 10.6. The zero-order valence-corrected chi connectivity index (χ0v) is 13.3. The average Bonchev–Trinajstić information content (AvgIpc) is 2.82. The van der Waals surface area contributed by atoms with Crippen molar-refractivity contribution in [2.45, 2.75) is 33.6 Å². The Morgan fingerprint density at radius 1 is 1.35 bits per heavy atom. The van der Waals surface area contributed by atoms with Gasteiger partial charge in [-0.1, -0.05) is 42.4 Å². The Morgan fingerprint density at radius 3 is 2.70 bits per heavy atom. The Bertz CT molecular complexity index is 619. The number of carbonyl (C=O) groups is 1. The average molecular weight is 288 g/mol. The number of thiazole rings is 1. The minimum atomic E-state index is 0.749. The van der Waals surface area contributed by atoms with Gasteiger partial charge in [-0.2, -0.15) is 0 Å². The number of hydrogen-bond donors (Lipinski definition) is 0. The number of carbonyl (C=O) groups excluding carboxylic acids is 1. The fourth-order valence-electron chi connectivity index (χ4n) is 2.29. The van der Waals surface area contributed by atoms with Crippen LogP contribution in [-0.4, -0.2) is 18.3 Å². The summed E-state index contributed by atoms with van der Waals surface area (Å²) in [4.78, 5) is 18.6. The van der Waals surface area contributed by atoms with Gasteiger partial charge in [0.2, 0.25) is 0 Å². The third-order valence-corrected chi connectivity index (χ3v) is 4.41. The van der Waals surface area contributed by atoms with Crippen LogP contribution >= 0.6 is 11.3 Å². The summed E-state index contributed by atoms with van der Waals surface area (Å²) in [5, 5.41) is 0.877. The maximum atomic E-state index is 11.1. The van der Waals surface area contributed by atoms with Crippen LogP contribution in [0.4, 0.5) is 10.8 Å². The summed E-state index contributed by atoms with van der Waals surface area (Å²) in [5.41, 5.74) is 4.51. The maximum absolute atomic E-state index is 11.1. The molecule has 2 rings (SSSR count). The smallest absolute Gasteiger partial charge is 0.190 e. The van der Waals surface area contributed by atoms with E-state index in [1.165, 1.54) is 22.5 Å². The van der Waals surface area contributed by atoms with Gasteiger partial charge in [0.05, 0.1) is 10.6 Å². The number of aromatic nitrogens is 1. The summed E-state index contributed by atoms with van der Waals surface area (Å²) in [6.07, 6.45) is 2.77. The van der Waals surface area contributed by atoms with E-state index in [4.69, 9.17) is 0 Å². The number of aldehydes is 1. The molecule has 0 fully saturated rings. The Labute approximate surface area is 124 Å². The minimum absolute atomic E-state index is 0.749. The Kier molecular flexibility index (Phi) is 4.55. The molecule has 1 heterocycles. The van der Waals surface area contributed by atoms with Crippen molar-refractivity contribution in [1.29, 1.82) is 0 Å². The predicted octanol–water partition coefficient (Wildman–Crippen LogP) is 4.29. The van der Waals surface area contributed by atoms with E-state index in [-0.39, 0.29) is 0 Å². The molecule has 0 N–H and O–H groups in total. The molecular formula is C16H20N2OS. The van der Waals surface area contributed by atoms with Crippen LogP contribution in [0, 0.1) is 13.8 Å². The van der Waals surface area contributed by atoms with E-state index in [9.17, 15) is 4.79 Å². The number of anilines is 2. The molecule has 0 saturated carbocycles. The fraction of sp³-hybridized carbons (Fsp3) is 0.375. The molecule has 0 unspecified atom stereocenters. The molecule has 4 heteroatoms. The highest BCUT2D eigenvalue weighted by Crippen LogP contribution is 2.32. The predicted molar refractivity (Wildman–Crippen MR) is 85.5 cm³/mol. The molecular weight excluding hydrogens is 268 g/mol. The van der Waals surface area contributed by atoms with Crippen LogP contribution in [-0.2, 0) is 6.42 Å². The molecule has 0 bridgehead atoms. The molecule has 0 radical (unpaired) electrons. The molecule has 1 aromatic carbocycles. The van der Waals surface area contributed by atoms with Gasteiger partial charge in [0.15, 0.2) is 11.4 Å². The van der Waals surface area contributed by atoms with Crippen molar-refractivity contribution < 1.29 is 4.79 Å². The molecule has 0 saturated heterocycles. The van der Waals surface area contributed by atoms with Crippen molar-refractivity contribution in [3.8, 4) is 0 Å². The summed E-state index contributed by atoms with van der Waals surface area (Å²) in [6.45, 7) is 6.28. The second-order valence-corrected chi connectivity index (χ2v) is 6.03. The highest BCUT2D eigenvalue weighted by Gasteiger charge is 2.15. The molecule has 0 aliphatic rings. The van der Waals surface area contributed by atoms with Gasteiger partial charge in [-0.3, -0.25) is 4.79 Å². The second kappa shape index (κ2) is 6.18. The van der Waals surface area contributed by atoms with Gasteiger partial charge >= 0.3 is 0 Å². The molecule has 106 valence electrons. The lowest BCUT2D eigenvalue weighted by molar-refractivity contribution is 0.112. The highest BCUT2D eigenvalue weighted by molar-refractivity contribution is 7.17. The van der Waals surface area contributed by atoms with E-state index in [2.05, 4.69) is 48.9 Å². The summed E-state index contributed by atoms with van der Waals surface area (Å²) in [5.74, 6) is 0. The number of rotatable bonds is 5. The zero-order valence-electron chi connectivity index (χ0n) is 12.4. The van der Waals surface area contributed by atoms with Crippen molar-refractivity contribution in [2.75, 3.05) is 11.9 Å². The largest absolute Gasteiger partial charge is 0.321 e. The van der Waals surface area contributed by atoms with Gasteiger partial charge in [0.1, 0.15) is 0 Å². The van der Waals surface area contributed by atoms with Crippen molar-refractivity contribution in [3.63, 3.8) is 0 Å². The van der Waals surface area contributed by atoms with Crippen LogP contribution in [0.25, 0.3) is 0 Å². The van der Waals surface area contributed by atoms with Crippen molar-refractivity contribution in [2.24, 2.45) is 0 Å². The molecule has 0 atom stereocenters. The van der Waals surface area contributed by atoms with E-state index in [0.717, 1.165) is 40.5 Å². The first kappa shape index (κ1) is 14.7. The number of hydrogen-bond acceptors (Lipinski definition) is 4. The highest BCUT2D eigenvalue weighted by atomic mass is 32.1. The molecule has 0 aliphatic heterocycles. The third kappa shape index (κ3) is 2.90. The monoisotopic (exact) mass is 288 g/mol. The Hall–Kier alpha value is -1.68. The second-order valence-electron chi connectivity index (χ2n) is 5.02. The molecule has 20 heavy (non-hydrogen) atoms. The van der Waals surface area contributed by atoms with E-state index in [1.54, 1.807) is 0 Å². The lowest BCUT2D eigenvalue weighted by atomic mass is 10.1. The van der Waals surface area contributed by atoms with Gasteiger partial charge in [-0.15, -0.1) is 0 Å². The molecule has 1 aromatic heterocycles. The number of benzene rings is 1. The van der Waals surface area contributed by atoms with E-state index >= 15 is 0 Å². The number of nitrogens with zero attached hydrogens (tertiary/aromatic N) is 2. The quantitative estimate of drug-likeness (QED) is 0.769. The van der Waals surface area contributed by atoms with Crippen LogP contribution in [0.2, 0.25) is 0 Å². The Morgan fingerprint density at radius 2 is 2.10 bits per heavy atom. The van der Waals surface area contributed by atoms with E-state index < -0.39 is 0 Å². The molecule has 0 amide bonds. The van der Waals surface area contributed by atoms with Gasteiger partial charge in [0, 0.05) is 12.7 Å². The molecule has 0 spiro atoms. The topological polar surface area (TPSA) is 33.2 Å². The van der Waals surface area contributed by atoms with Gasteiger partial charge in [-0.25, -0.2) is 4.98 Å². The summed E-state index contributed by atoms with van der Waals surface area (Å²) >= 11 is 1.46. The van der Waals surface area contributed by atoms with Gasteiger partial charge in [-0.05, 0) is 31.9 Å². The molecule has 2 aromatic rings. The first-order valence-electron chi connectivity index (χ1n) is 6.82. The first-order chi connectivity index (χ1) is 9.56. The lowest BCUT2D eigenvalue weighted by Crippen LogP contribution is -2.10. The van der Waals surface area contributed by atoms with Crippen molar-refractivity contribution >= 4 is 28.4 Å². The van der Waals surface area contributed by atoms with Crippen LogP contribution < -0.4 is 4.90 Å². The summed E-state index contributed by atoms with van der Waals surface area (Å²) in [7, 11) is 2.00. The lowest BCUT2D eigenvalue weighted by Gasteiger charge is -2.18. The Balaban J connectivity index is 2.37. The van der Waals surface area contributed by atoms with Gasteiger partial charge < -0.3 is 4.90 Å². The van der Waals surface area contributed by atoms with Crippen LogP contribution in [0.1, 0.15) is 39.8 Å². The van der Waals surface area contributed by atoms with E-state index in [1.807, 2.05) is 7.05 Å². The SMILES string of the molecule is CCCc1nc(N(C)c2ccc(C)cc2C)sc1C=O. The maximum Gasteiger partial charge on any atom is 0.190 e. The summed E-state index contributed by atoms with van der Waals surface area (Å²) < 4.78 is 0. The first-order valence-corrected chi connectivity index (χ1v) is 7.64. The zero-order chi connectivity index (χ0) is 14.7. The van der Waals surface area contributed by atoms with Crippen LogP contribution in [0.15, 0.2) is 18.2 Å². The van der Waals surface area contributed by atoms with Gasteiger partial charge in [0.25, 0.3) is 0 Å². The van der Waals surface area contributed by atoms with Crippen LogP contribution in [0.5, 0.6) is 0 Å². The summed E-state index contributed by atoms with van der Waals surface area (Å²) in [6, 6.07) is 6.36. The van der Waals surface area contributed by atoms with E-state index in [0.29, 0.717) is 0 Å². The molecule has 3 nitrogen and oxygen atoms in total. The van der Waals surface area contributed by atoms with Crippen LogP contribution in [0.3, 0.4) is 0 Å². The fourth-order valence-corrected chi connectivity index (χ4v) is 3.19. The third-order valence-electron chi connectivity index (χ3n) is 3.31. The van der Waals surface area contributed by atoms with Crippen molar-refractivity contribution in [1.82, 2.24) is 4.98 Å². The molecule has 0 aliphatic carbocycles. The van der Waals surface area contributed by atoms with Crippen molar-refractivity contribution in [3.05, 3.63) is 39.9 Å². The number of aryl methyl sites for hydroxylation is 3.